The van der Waals surface area contributed by atoms with Gasteiger partial charge in [0.05, 0.1) is 6.42 Å². The number of carboxylic acid groups (broad SMARTS) is 1. The molecule has 0 unspecified atom stereocenters. The number of benzene rings is 1. The van der Waals surface area contributed by atoms with Crippen molar-refractivity contribution in [1.29, 1.82) is 0 Å². The summed E-state index contributed by atoms with van der Waals surface area (Å²) < 4.78 is 27.8. The molecular formula is C13H16F2O2. The first-order chi connectivity index (χ1) is 7.74. The van der Waals surface area contributed by atoms with Crippen LogP contribution in [0.4, 0.5) is 8.78 Å². The Labute approximate surface area is 99.3 Å². The van der Waals surface area contributed by atoms with Crippen molar-refractivity contribution in [3.8, 4) is 0 Å². The Morgan fingerprint density at radius 1 is 1.24 bits per heavy atom. The smallest absolute Gasteiger partial charge is 0.303 e. The molecule has 0 amide bonds. The van der Waals surface area contributed by atoms with E-state index in [2.05, 4.69) is 0 Å². The summed E-state index contributed by atoms with van der Waals surface area (Å²) in [5.74, 6) is -4.28. The lowest BCUT2D eigenvalue weighted by atomic mass is 9.92. The monoisotopic (exact) mass is 242 g/mol. The lowest BCUT2D eigenvalue weighted by Gasteiger charge is -2.21. The number of aliphatic carboxylic acids is 1. The van der Waals surface area contributed by atoms with Gasteiger partial charge in [0.2, 0.25) is 0 Å². The second kappa shape index (κ2) is 4.82. The van der Waals surface area contributed by atoms with Crippen LogP contribution in [0.15, 0.2) is 12.1 Å². The first-order valence-electron chi connectivity index (χ1n) is 5.42. The molecule has 1 rings (SSSR count). The van der Waals surface area contributed by atoms with Crippen LogP contribution in [0, 0.1) is 20.8 Å². The van der Waals surface area contributed by atoms with E-state index in [1.807, 2.05) is 6.92 Å². The number of aryl methyl sites for hydroxylation is 3. The third-order valence-electron chi connectivity index (χ3n) is 2.70. The minimum absolute atomic E-state index is 0.0376. The minimum Gasteiger partial charge on any atom is -0.481 e. The molecule has 0 aliphatic carbocycles. The van der Waals surface area contributed by atoms with Crippen molar-refractivity contribution in [2.45, 2.75) is 39.5 Å². The van der Waals surface area contributed by atoms with Gasteiger partial charge < -0.3 is 5.11 Å². The van der Waals surface area contributed by atoms with E-state index in [1.54, 1.807) is 26.0 Å². The maximum atomic E-state index is 13.9. The molecule has 1 aromatic carbocycles. The Balaban J connectivity index is 3.09. The highest BCUT2D eigenvalue weighted by atomic mass is 19.3. The van der Waals surface area contributed by atoms with Gasteiger partial charge in [0, 0.05) is 12.0 Å². The van der Waals surface area contributed by atoms with Gasteiger partial charge in [-0.25, -0.2) is 8.78 Å². The van der Waals surface area contributed by atoms with Crippen LogP contribution in [0.1, 0.15) is 35.1 Å². The van der Waals surface area contributed by atoms with Gasteiger partial charge in [-0.3, -0.25) is 4.79 Å². The Kier molecular flexibility index (Phi) is 3.86. The molecule has 0 saturated carbocycles. The summed E-state index contributed by atoms with van der Waals surface area (Å²) in [6.07, 6.45) is -1.19. The van der Waals surface area contributed by atoms with Gasteiger partial charge in [-0.05, 0) is 31.9 Å². The summed E-state index contributed by atoms with van der Waals surface area (Å²) in [6.45, 7) is 5.10. The van der Waals surface area contributed by atoms with E-state index in [-0.39, 0.29) is 5.56 Å². The van der Waals surface area contributed by atoms with Gasteiger partial charge in [-0.2, -0.15) is 0 Å². The quantitative estimate of drug-likeness (QED) is 0.876. The van der Waals surface area contributed by atoms with Gasteiger partial charge in [0.15, 0.2) is 0 Å². The topological polar surface area (TPSA) is 37.3 Å². The summed E-state index contributed by atoms with van der Waals surface area (Å²) in [5, 5.41) is 8.47. The zero-order valence-corrected chi connectivity index (χ0v) is 10.2. The second-order valence-electron chi connectivity index (χ2n) is 4.37. The first kappa shape index (κ1) is 13.6. The highest BCUT2D eigenvalue weighted by molar-refractivity contribution is 5.66. The van der Waals surface area contributed by atoms with Gasteiger partial charge in [0.1, 0.15) is 0 Å². The van der Waals surface area contributed by atoms with Crippen LogP contribution in [-0.4, -0.2) is 11.1 Å². The summed E-state index contributed by atoms with van der Waals surface area (Å²) in [4.78, 5) is 10.4. The summed E-state index contributed by atoms with van der Waals surface area (Å²) in [5.41, 5.74) is 1.91. The molecule has 2 nitrogen and oxygen atoms in total. The number of rotatable bonds is 4. The Bertz CT molecular complexity index is 416. The molecule has 17 heavy (non-hydrogen) atoms. The van der Waals surface area contributed by atoms with Crippen LogP contribution < -0.4 is 0 Å². The van der Waals surface area contributed by atoms with Crippen LogP contribution in [0.2, 0.25) is 0 Å². The second-order valence-corrected chi connectivity index (χ2v) is 4.37. The highest BCUT2D eigenvalue weighted by Gasteiger charge is 2.34. The molecule has 0 aromatic heterocycles. The van der Waals surface area contributed by atoms with E-state index >= 15 is 0 Å². The molecule has 1 aromatic rings. The van der Waals surface area contributed by atoms with E-state index in [4.69, 9.17) is 5.11 Å². The van der Waals surface area contributed by atoms with Crippen molar-refractivity contribution < 1.29 is 18.7 Å². The summed E-state index contributed by atoms with van der Waals surface area (Å²) in [6, 6.07) is 3.38. The zero-order valence-electron chi connectivity index (χ0n) is 10.2. The third-order valence-corrected chi connectivity index (χ3v) is 2.70. The van der Waals surface area contributed by atoms with Crippen molar-refractivity contribution in [1.82, 2.24) is 0 Å². The fraction of sp³-hybridized carbons (Fsp3) is 0.462. The third kappa shape index (κ3) is 3.25. The SMILES string of the molecule is Cc1cc(C)c(C(F)(F)CCC(=O)O)c(C)c1. The van der Waals surface area contributed by atoms with Crippen LogP contribution in [0.3, 0.4) is 0 Å². The molecule has 4 heteroatoms. The first-order valence-corrected chi connectivity index (χ1v) is 5.42. The standard InChI is InChI=1S/C13H16F2O2/c1-8-6-9(2)12(10(3)7-8)13(14,15)5-4-11(16)17/h6-7H,4-5H2,1-3H3,(H,16,17). The van der Waals surface area contributed by atoms with Gasteiger partial charge in [-0.1, -0.05) is 17.7 Å². The predicted molar refractivity (Wildman–Crippen MR) is 61.4 cm³/mol. The molecule has 0 heterocycles. The van der Waals surface area contributed by atoms with Gasteiger partial charge in [-0.15, -0.1) is 0 Å². The molecule has 0 radical (unpaired) electrons. The molecule has 0 saturated heterocycles. The number of alkyl halides is 2. The van der Waals surface area contributed by atoms with Crippen molar-refractivity contribution in [3.63, 3.8) is 0 Å². The molecular weight excluding hydrogens is 226 g/mol. The van der Waals surface area contributed by atoms with Crippen molar-refractivity contribution in [2.75, 3.05) is 0 Å². The van der Waals surface area contributed by atoms with E-state index in [0.29, 0.717) is 11.1 Å². The molecule has 0 spiro atoms. The average molecular weight is 242 g/mol. The fourth-order valence-corrected chi connectivity index (χ4v) is 2.15. The van der Waals surface area contributed by atoms with E-state index in [0.717, 1.165) is 5.56 Å². The normalized spacial score (nSPS) is 11.6. The van der Waals surface area contributed by atoms with Crippen LogP contribution >= 0.6 is 0 Å². The lowest BCUT2D eigenvalue weighted by molar-refractivity contribution is -0.139. The number of hydrogen-bond acceptors (Lipinski definition) is 1. The van der Waals surface area contributed by atoms with Crippen molar-refractivity contribution in [3.05, 3.63) is 34.4 Å². The van der Waals surface area contributed by atoms with Crippen LogP contribution in [0.5, 0.6) is 0 Å². The fourth-order valence-electron chi connectivity index (χ4n) is 2.15. The van der Waals surface area contributed by atoms with E-state index < -0.39 is 24.7 Å². The summed E-state index contributed by atoms with van der Waals surface area (Å²) in [7, 11) is 0. The maximum Gasteiger partial charge on any atom is 0.303 e. The molecule has 0 aliphatic heterocycles. The highest BCUT2D eigenvalue weighted by Crippen LogP contribution is 2.37. The Hall–Kier alpha value is -1.45. The van der Waals surface area contributed by atoms with Crippen LogP contribution in [-0.2, 0) is 10.7 Å². The average Bonchev–Trinajstić information content (AvgIpc) is 2.12. The summed E-state index contributed by atoms with van der Waals surface area (Å²) >= 11 is 0. The Morgan fingerprint density at radius 3 is 2.12 bits per heavy atom. The Morgan fingerprint density at radius 2 is 1.71 bits per heavy atom. The van der Waals surface area contributed by atoms with Gasteiger partial charge in [0.25, 0.3) is 5.92 Å². The molecule has 0 atom stereocenters. The van der Waals surface area contributed by atoms with Crippen molar-refractivity contribution in [2.24, 2.45) is 0 Å². The minimum atomic E-state index is -3.08. The zero-order chi connectivity index (χ0) is 13.2. The molecule has 94 valence electrons. The lowest BCUT2D eigenvalue weighted by Crippen LogP contribution is -2.18. The predicted octanol–water partition coefficient (Wildman–Crippen LogP) is 3.57. The number of halogens is 2. The maximum absolute atomic E-state index is 13.9. The largest absolute Gasteiger partial charge is 0.481 e. The molecule has 0 fully saturated rings. The van der Waals surface area contributed by atoms with E-state index in [1.165, 1.54) is 0 Å². The van der Waals surface area contributed by atoms with Crippen molar-refractivity contribution >= 4 is 5.97 Å². The number of carboxylic acids is 1. The molecule has 1 N–H and O–H groups in total. The van der Waals surface area contributed by atoms with Crippen LogP contribution in [0.25, 0.3) is 0 Å². The number of hydrogen-bond donors (Lipinski definition) is 1. The van der Waals surface area contributed by atoms with Gasteiger partial charge >= 0.3 is 5.97 Å². The molecule has 0 aliphatic rings. The number of carbonyl (C=O) groups is 1. The van der Waals surface area contributed by atoms with E-state index in [9.17, 15) is 13.6 Å². The molecule has 0 bridgehead atoms.